The average Bonchev–Trinajstić information content (AvgIpc) is 3.04. The average molecular weight is 367 g/mol. The second-order valence-electron chi connectivity index (χ2n) is 6.19. The Hall–Kier alpha value is -2.53. The number of nitrogens with zero attached hydrogens (tertiary/aromatic N) is 1. The van der Waals surface area contributed by atoms with Crippen LogP contribution >= 0.6 is 0 Å². The summed E-state index contributed by atoms with van der Waals surface area (Å²) >= 11 is 0. The van der Waals surface area contributed by atoms with Gasteiger partial charge in [-0.15, -0.1) is 6.42 Å². The molecule has 1 unspecified atom stereocenters. The van der Waals surface area contributed by atoms with Crippen molar-refractivity contribution in [1.29, 1.82) is 0 Å². The van der Waals surface area contributed by atoms with Crippen molar-refractivity contribution < 1.29 is 22.8 Å². The van der Waals surface area contributed by atoms with E-state index in [9.17, 15) is 22.8 Å². The van der Waals surface area contributed by atoms with Crippen LogP contribution in [0, 0.1) is 17.8 Å². The molecule has 0 spiro atoms. The summed E-state index contributed by atoms with van der Waals surface area (Å²) in [5.74, 6) is 0.355. The van der Waals surface area contributed by atoms with E-state index in [4.69, 9.17) is 6.42 Å². The third kappa shape index (κ3) is 4.55. The minimum absolute atomic E-state index is 0.0516. The fourth-order valence-corrected chi connectivity index (χ4v) is 2.95. The van der Waals surface area contributed by atoms with Gasteiger partial charge in [-0.2, -0.15) is 13.2 Å². The van der Waals surface area contributed by atoms with Gasteiger partial charge in [0.2, 0.25) is 11.8 Å². The zero-order chi connectivity index (χ0) is 19.2. The van der Waals surface area contributed by atoms with Crippen LogP contribution in [0.5, 0.6) is 0 Å². The molecule has 1 fully saturated rings. The highest BCUT2D eigenvalue weighted by molar-refractivity contribution is 5.89. The van der Waals surface area contributed by atoms with Crippen molar-refractivity contribution in [2.24, 2.45) is 5.41 Å². The molecule has 1 atom stereocenters. The number of rotatable bonds is 6. The van der Waals surface area contributed by atoms with Gasteiger partial charge in [-0.1, -0.05) is 36.3 Å². The Balaban J connectivity index is 2.04. The third-order valence-corrected chi connectivity index (χ3v) is 4.37. The van der Waals surface area contributed by atoms with E-state index >= 15 is 0 Å². The molecular formula is C18H20F3N3O2. The predicted molar refractivity (Wildman–Crippen MR) is 89.7 cm³/mol. The van der Waals surface area contributed by atoms with E-state index in [1.54, 1.807) is 4.90 Å². The van der Waals surface area contributed by atoms with Crippen LogP contribution < -0.4 is 10.6 Å². The van der Waals surface area contributed by atoms with E-state index in [2.05, 4.69) is 16.6 Å². The number of carbonyl (C=O) groups is 2. The Morgan fingerprint density at radius 1 is 1.23 bits per heavy atom. The highest BCUT2D eigenvalue weighted by Crippen LogP contribution is 2.46. The first-order chi connectivity index (χ1) is 12.3. The topological polar surface area (TPSA) is 61.4 Å². The van der Waals surface area contributed by atoms with Crippen LogP contribution in [0.1, 0.15) is 12.0 Å². The largest absolute Gasteiger partial charge is 0.404 e. The molecule has 2 N–H and O–H groups in total. The van der Waals surface area contributed by atoms with E-state index in [0.29, 0.717) is 6.54 Å². The zero-order valence-corrected chi connectivity index (χ0v) is 14.1. The number of nitrogens with one attached hydrogen (secondary N) is 2. The minimum atomic E-state index is -4.71. The number of carbonyl (C=O) groups excluding carboxylic acids is 2. The molecule has 1 aliphatic rings. The van der Waals surface area contributed by atoms with Crippen LogP contribution in [-0.2, 0) is 16.1 Å². The Morgan fingerprint density at radius 3 is 2.54 bits per heavy atom. The van der Waals surface area contributed by atoms with Crippen LogP contribution in [0.15, 0.2) is 30.3 Å². The van der Waals surface area contributed by atoms with E-state index in [-0.39, 0.29) is 19.5 Å². The maximum absolute atomic E-state index is 13.7. The van der Waals surface area contributed by atoms with Crippen molar-refractivity contribution in [2.75, 3.05) is 26.2 Å². The lowest BCUT2D eigenvalue weighted by Gasteiger charge is -2.30. The van der Waals surface area contributed by atoms with Crippen LogP contribution in [0.4, 0.5) is 13.2 Å². The van der Waals surface area contributed by atoms with Crippen LogP contribution in [0.3, 0.4) is 0 Å². The molecule has 1 aliphatic heterocycles. The van der Waals surface area contributed by atoms with Crippen LogP contribution in [-0.4, -0.2) is 49.1 Å². The Bertz CT molecular complexity index is 685. The lowest BCUT2D eigenvalue weighted by atomic mass is 9.85. The van der Waals surface area contributed by atoms with Crippen molar-refractivity contribution >= 4 is 11.8 Å². The zero-order valence-electron chi connectivity index (χ0n) is 14.1. The molecule has 1 aromatic carbocycles. The Morgan fingerprint density at radius 2 is 1.92 bits per heavy atom. The van der Waals surface area contributed by atoms with Gasteiger partial charge in [0.25, 0.3) is 0 Å². The lowest BCUT2D eigenvalue weighted by molar-refractivity contribution is -0.218. The molecule has 0 aliphatic carbocycles. The summed E-state index contributed by atoms with van der Waals surface area (Å²) in [4.78, 5) is 25.4. The number of amides is 2. The number of terminal acetylenes is 1. The standard InChI is InChI=1S/C18H20F3N3O2/c1-2-9-22-15(25)11-23-16(26)17(18(19,20)21)8-10-24(13-17)12-14-6-4-3-5-7-14/h1,3-7H,8-13H2,(H,22,25)(H,23,26). The molecular weight excluding hydrogens is 347 g/mol. The number of hydrogen-bond acceptors (Lipinski definition) is 3. The Labute approximate surface area is 149 Å². The predicted octanol–water partition coefficient (Wildman–Crippen LogP) is 1.31. The number of hydrogen-bond donors (Lipinski definition) is 2. The summed E-state index contributed by atoms with van der Waals surface area (Å²) < 4.78 is 41.1. The van der Waals surface area contributed by atoms with Gasteiger partial charge in [0.05, 0.1) is 13.1 Å². The molecule has 1 heterocycles. The fourth-order valence-electron chi connectivity index (χ4n) is 2.95. The SMILES string of the molecule is C#CCNC(=O)CNC(=O)C1(C(F)(F)F)CCN(Cc2ccccc2)C1. The summed E-state index contributed by atoms with van der Waals surface area (Å²) in [7, 11) is 0. The maximum Gasteiger partial charge on any atom is 0.404 e. The molecule has 0 radical (unpaired) electrons. The van der Waals surface area contributed by atoms with Gasteiger partial charge in [0.1, 0.15) is 0 Å². The van der Waals surface area contributed by atoms with E-state index < -0.39 is 36.5 Å². The van der Waals surface area contributed by atoms with Crippen LogP contribution in [0.2, 0.25) is 0 Å². The molecule has 0 saturated carbocycles. The van der Waals surface area contributed by atoms with E-state index in [1.165, 1.54) is 0 Å². The van der Waals surface area contributed by atoms with Crippen molar-refractivity contribution in [3.63, 3.8) is 0 Å². The second-order valence-corrected chi connectivity index (χ2v) is 6.19. The normalized spacial score (nSPS) is 20.4. The second kappa shape index (κ2) is 8.23. The third-order valence-electron chi connectivity index (χ3n) is 4.37. The molecule has 140 valence electrons. The van der Waals surface area contributed by atoms with Crippen LogP contribution in [0.25, 0.3) is 0 Å². The van der Waals surface area contributed by atoms with Gasteiger partial charge in [0.15, 0.2) is 5.41 Å². The first-order valence-electron chi connectivity index (χ1n) is 8.10. The quantitative estimate of drug-likeness (QED) is 0.746. The fraction of sp³-hybridized carbons (Fsp3) is 0.444. The van der Waals surface area contributed by atoms with Gasteiger partial charge in [-0.25, -0.2) is 0 Å². The number of halogens is 3. The molecule has 2 rings (SSSR count). The van der Waals surface area contributed by atoms with Crippen molar-refractivity contribution in [1.82, 2.24) is 15.5 Å². The highest BCUT2D eigenvalue weighted by Gasteiger charge is 2.62. The van der Waals surface area contributed by atoms with Gasteiger partial charge in [-0.3, -0.25) is 14.5 Å². The smallest absolute Gasteiger partial charge is 0.346 e. The molecule has 5 nitrogen and oxygen atoms in total. The van der Waals surface area contributed by atoms with Gasteiger partial charge < -0.3 is 10.6 Å². The number of benzene rings is 1. The first-order valence-corrected chi connectivity index (χ1v) is 8.10. The van der Waals surface area contributed by atoms with E-state index in [0.717, 1.165) is 5.56 Å². The number of alkyl halides is 3. The molecule has 1 aromatic rings. The summed E-state index contributed by atoms with van der Waals surface area (Å²) in [5.41, 5.74) is -1.65. The summed E-state index contributed by atoms with van der Waals surface area (Å²) in [6.45, 7) is -0.566. The van der Waals surface area contributed by atoms with Gasteiger partial charge in [-0.05, 0) is 18.5 Å². The van der Waals surface area contributed by atoms with Crippen molar-refractivity contribution in [3.05, 3.63) is 35.9 Å². The van der Waals surface area contributed by atoms with Gasteiger partial charge >= 0.3 is 6.18 Å². The summed E-state index contributed by atoms with van der Waals surface area (Å²) in [6.07, 6.45) is -0.0740. The molecule has 8 heteroatoms. The van der Waals surface area contributed by atoms with E-state index in [1.807, 2.05) is 30.3 Å². The molecule has 2 amide bonds. The number of likely N-dealkylation sites (tertiary alicyclic amines) is 1. The molecule has 26 heavy (non-hydrogen) atoms. The molecule has 0 aromatic heterocycles. The Kier molecular flexibility index (Phi) is 6.27. The monoisotopic (exact) mass is 367 g/mol. The van der Waals surface area contributed by atoms with Gasteiger partial charge in [0, 0.05) is 13.1 Å². The maximum atomic E-state index is 13.7. The minimum Gasteiger partial charge on any atom is -0.346 e. The lowest BCUT2D eigenvalue weighted by Crippen LogP contribution is -2.53. The summed E-state index contributed by atoms with van der Waals surface area (Å²) in [6, 6.07) is 9.09. The molecule has 1 saturated heterocycles. The first kappa shape index (κ1) is 19.8. The van der Waals surface area contributed by atoms with Crippen molar-refractivity contribution in [2.45, 2.75) is 19.1 Å². The van der Waals surface area contributed by atoms with Crippen molar-refractivity contribution in [3.8, 4) is 12.3 Å². The highest BCUT2D eigenvalue weighted by atomic mass is 19.4. The summed E-state index contributed by atoms with van der Waals surface area (Å²) in [5, 5.41) is 4.39. The molecule has 0 bridgehead atoms.